The van der Waals surface area contributed by atoms with Crippen molar-refractivity contribution >= 4 is 0 Å². The van der Waals surface area contributed by atoms with Crippen LogP contribution in [0, 0.1) is 0 Å². The number of unbranched alkanes of at least 4 members (excludes halogenated alkanes) is 1. The maximum atomic E-state index is 5.40. The minimum Gasteiger partial charge on any atom is -0.493 e. The molecule has 0 fully saturated rings. The Balaban J connectivity index is 3.10. The number of methoxy groups -OCH3 is 3. The van der Waals surface area contributed by atoms with Gasteiger partial charge in [0, 0.05) is 0 Å². The van der Waals surface area contributed by atoms with Gasteiger partial charge in [-0.05, 0) is 24.5 Å². The van der Waals surface area contributed by atoms with Crippen LogP contribution >= 0.6 is 0 Å². The van der Waals surface area contributed by atoms with Crippen molar-refractivity contribution in [2.45, 2.75) is 26.2 Å². The number of rotatable bonds is 6. The number of hydrogen-bond donors (Lipinski definition) is 0. The van der Waals surface area contributed by atoms with Gasteiger partial charge in [-0.15, -0.1) is 0 Å². The topological polar surface area (TPSA) is 27.7 Å². The largest absolute Gasteiger partial charge is 0.493 e. The molecule has 0 bridgehead atoms. The molecule has 0 aliphatic rings. The van der Waals surface area contributed by atoms with E-state index in [4.69, 9.17) is 14.2 Å². The van der Waals surface area contributed by atoms with E-state index in [9.17, 15) is 0 Å². The summed E-state index contributed by atoms with van der Waals surface area (Å²) in [5, 5.41) is 0. The van der Waals surface area contributed by atoms with Crippen molar-refractivity contribution in [2.75, 3.05) is 21.3 Å². The Bertz CT molecular complexity index is 334. The highest BCUT2D eigenvalue weighted by Gasteiger charge is 2.14. The molecule has 0 radical (unpaired) electrons. The van der Waals surface area contributed by atoms with Crippen LogP contribution < -0.4 is 14.2 Å². The van der Waals surface area contributed by atoms with Crippen LogP contribution in [0.15, 0.2) is 12.1 Å². The molecule has 0 amide bonds. The predicted octanol–water partition coefficient (Wildman–Crippen LogP) is 3.06. The molecular formula is C13H20O3. The number of ether oxygens (including phenoxy) is 3. The zero-order chi connectivity index (χ0) is 12.0. The average Bonchev–Trinajstić information content (AvgIpc) is 2.34. The van der Waals surface area contributed by atoms with Gasteiger partial charge < -0.3 is 14.2 Å². The van der Waals surface area contributed by atoms with Gasteiger partial charge in [0.1, 0.15) is 0 Å². The molecule has 90 valence electrons. The van der Waals surface area contributed by atoms with E-state index in [1.54, 1.807) is 21.3 Å². The Kier molecular flexibility index (Phi) is 4.96. The number of hydrogen-bond acceptors (Lipinski definition) is 3. The SMILES string of the molecule is CCCCc1ccc(OC)c(OC)c1OC. The Morgan fingerprint density at radius 2 is 1.62 bits per heavy atom. The van der Waals surface area contributed by atoms with Crippen molar-refractivity contribution in [3.63, 3.8) is 0 Å². The third-order valence-corrected chi connectivity index (χ3v) is 2.59. The van der Waals surface area contributed by atoms with Crippen LogP contribution in [-0.2, 0) is 6.42 Å². The maximum absolute atomic E-state index is 5.40. The monoisotopic (exact) mass is 224 g/mol. The van der Waals surface area contributed by atoms with Gasteiger partial charge in [0.2, 0.25) is 5.75 Å². The van der Waals surface area contributed by atoms with E-state index < -0.39 is 0 Å². The third kappa shape index (κ3) is 2.60. The van der Waals surface area contributed by atoms with Crippen LogP contribution in [0.2, 0.25) is 0 Å². The van der Waals surface area contributed by atoms with Crippen LogP contribution in [-0.4, -0.2) is 21.3 Å². The van der Waals surface area contributed by atoms with E-state index in [0.717, 1.165) is 25.0 Å². The van der Waals surface area contributed by atoms with Crippen LogP contribution in [0.3, 0.4) is 0 Å². The Labute approximate surface area is 97.3 Å². The normalized spacial score (nSPS) is 10.0. The molecule has 0 N–H and O–H groups in total. The molecule has 0 aromatic heterocycles. The second kappa shape index (κ2) is 6.26. The van der Waals surface area contributed by atoms with Crippen LogP contribution in [0.1, 0.15) is 25.3 Å². The first-order chi connectivity index (χ1) is 7.78. The van der Waals surface area contributed by atoms with Crippen LogP contribution in [0.4, 0.5) is 0 Å². The summed E-state index contributed by atoms with van der Waals surface area (Å²) < 4.78 is 16.0. The van der Waals surface area contributed by atoms with Crippen molar-refractivity contribution in [3.8, 4) is 17.2 Å². The zero-order valence-corrected chi connectivity index (χ0v) is 10.5. The molecule has 1 aromatic rings. The lowest BCUT2D eigenvalue weighted by atomic mass is 10.1. The van der Waals surface area contributed by atoms with Gasteiger partial charge in [0.05, 0.1) is 21.3 Å². The van der Waals surface area contributed by atoms with Gasteiger partial charge in [-0.3, -0.25) is 0 Å². The molecule has 0 atom stereocenters. The highest BCUT2D eigenvalue weighted by molar-refractivity contribution is 5.55. The first-order valence-electron chi connectivity index (χ1n) is 5.56. The molecule has 0 spiro atoms. The molecule has 0 saturated carbocycles. The molecule has 0 heterocycles. The lowest BCUT2D eigenvalue weighted by molar-refractivity contribution is 0.322. The summed E-state index contributed by atoms with van der Waals surface area (Å²) in [5.41, 5.74) is 1.17. The summed E-state index contributed by atoms with van der Waals surface area (Å²) in [6.45, 7) is 2.17. The van der Waals surface area contributed by atoms with Gasteiger partial charge >= 0.3 is 0 Å². The molecule has 0 saturated heterocycles. The van der Waals surface area contributed by atoms with Crippen LogP contribution in [0.25, 0.3) is 0 Å². The Hall–Kier alpha value is -1.38. The third-order valence-electron chi connectivity index (χ3n) is 2.59. The molecule has 3 nitrogen and oxygen atoms in total. The molecular weight excluding hydrogens is 204 g/mol. The van der Waals surface area contributed by atoms with Gasteiger partial charge in [-0.1, -0.05) is 19.4 Å². The van der Waals surface area contributed by atoms with E-state index in [1.807, 2.05) is 12.1 Å². The van der Waals surface area contributed by atoms with Gasteiger partial charge in [0.25, 0.3) is 0 Å². The summed E-state index contributed by atoms with van der Waals surface area (Å²) in [6.07, 6.45) is 3.31. The van der Waals surface area contributed by atoms with E-state index in [2.05, 4.69) is 6.92 Å². The fourth-order valence-electron chi connectivity index (χ4n) is 1.73. The number of benzene rings is 1. The quantitative estimate of drug-likeness (QED) is 0.743. The Morgan fingerprint density at radius 1 is 0.938 bits per heavy atom. The first kappa shape index (κ1) is 12.7. The predicted molar refractivity (Wildman–Crippen MR) is 64.7 cm³/mol. The van der Waals surface area contributed by atoms with E-state index in [-0.39, 0.29) is 0 Å². The molecule has 16 heavy (non-hydrogen) atoms. The molecule has 0 aliphatic carbocycles. The summed E-state index contributed by atoms with van der Waals surface area (Å²) >= 11 is 0. The van der Waals surface area contributed by atoms with Crippen molar-refractivity contribution in [2.24, 2.45) is 0 Å². The van der Waals surface area contributed by atoms with Crippen LogP contribution in [0.5, 0.6) is 17.2 Å². The van der Waals surface area contributed by atoms with Crippen molar-refractivity contribution < 1.29 is 14.2 Å². The van der Waals surface area contributed by atoms with E-state index >= 15 is 0 Å². The van der Waals surface area contributed by atoms with Gasteiger partial charge in [-0.25, -0.2) is 0 Å². The fraction of sp³-hybridized carbons (Fsp3) is 0.538. The summed E-state index contributed by atoms with van der Waals surface area (Å²) in [4.78, 5) is 0. The summed E-state index contributed by atoms with van der Waals surface area (Å²) in [5.74, 6) is 2.17. The molecule has 0 unspecified atom stereocenters. The van der Waals surface area contributed by atoms with Crippen molar-refractivity contribution in [1.82, 2.24) is 0 Å². The highest BCUT2D eigenvalue weighted by atomic mass is 16.5. The minimum absolute atomic E-state index is 0.679. The zero-order valence-electron chi connectivity index (χ0n) is 10.5. The smallest absolute Gasteiger partial charge is 0.203 e. The summed E-state index contributed by atoms with van der Waals surface area (Å²) in [6, 6.07) is 3.96. The standard InChI is InChI=1S/C13H20O3/c1-5-6-7-10-8-9-11(14-2)13(16-4)12(10)15-3/h8-9H,5-7H2,1-4H3. The van der Waals surface area contributed by atoms with Crippen molar-refractivity contribution in [1.29, 1.82) is 0 Å². The molecule has 3 heteroatoms. The second-order valence-electron chi connectivity index (χ2n) is 3.60. The molecule has 1 aromatic carbocycles. The van der Waals surface area contributed by atoms with E-state index in [0.29, 0.717) is 11.5 Å². The van der Waals surface area contributed by atoms with Gasteiger partial charge in [-0.2, -0.15) is 0 Å². The molecule has 0 aliphatic heterocycles. The minimum atomic E-state index is 0.679. The lowest BCUT2D eigenvalue weighted by Gasteiger charge is -2.15. The number of aryl methyl sites for hydroxylation is 1. The average molecular weight is 224 g/mol. The van der Waals surface area contributed by atoms with Crippen molar-refractivity contribution in [3.05, 3.63) is 17.7 Å². The Morgan fingerprint density at radius 3 is 2.12 bits per heavy atom. The lowest BCUT2D eigenvalue weighted by Crippen LogP contribution is -1.99. The highest BCUT2D eigenvalue weighted by Crippen LogP contribution is 2.40. The molecule has 1 rings (SSSR count). The second-order valence-corrected chi connectivity index (χ2v) is 3.60. The fourth-order valence-corrected chi connectivity index (χ4v) is 1.73. The maximum Gasteiger partial charge on any atom is 0.203 e. The van der Waals surface area contributed by atoms with E-state index in [1.165, 1.54) is 5.56 Å². The summed E-state index contributed by atoms with van der Waals surface area (Å²) in [7, 11) is 4.92. The first-order valence-corrected chi connectivity index (χ1v) is 5.56. The van der Waals surface area contributed by atoms with Gasteiger partial charge in [0.15, 0.2) is 11.5 Å².